The number of unbranched alkanes of at least 4 members (excludes halogenated alkanes) is 2. The molecule has 0 saturated heterocycles. The molecule has 3 rings (SSSR count). The molecule has 0 atom stereocenters. The third-order valence-corrected chi connectivity index (χ3v) is 4.45. The summed E-state index contributed by atoms with van der Waals surface area (Å²) in [6, 6.07) is 6.41. The summed E-state index contributed by atoms with van der Waals surface area (Å²) in [5.41, 5.74) is 1.79. The highest BCUT2D eigenvalue weighted by Crippen LogP contribution is 2.24. The SMILES string of the molecule is CCCCCOCc1cn2cc(-c3ccc(F)cc3)nc2s1. The fraction of sp³-hybridized carbons (Fsp3) is 0.353. The predicted molar refractivity (Wildman–Crippen MR) is 87.6 cm³/mol. The number of hydrogen-bond acceptors (Lipinski definition) is 3. The monoisotopic (exact) mass is 318 g/mol. The standard InChI is InChI=1S/C17H19FN2OS/c1-2-3-4-9-21-12-15-10-20-11-16(19-17(20)22-15)13-5-7-14(18)8-6-13/h5-8,10-11H,2-4,9,12H2,1H3. The van der Waals surface area contributed by atoms with E-state index in [9.17, 15) is 4.39 Å². The van der Waals surface area contributed by atoms with Gasteiger partial charge in [-0.3, -0.25) is 4.40 Å². The smallest absolute Gasteiger partial charge is 0.194 e. The van der Waals surface area contributed by atoms with Crippen molar-refractivity contribution in [1.29, 1.82) is 0 Å². The van der Waals surface area contributed by atoms with Gasteiger partial charge >= 0.3 is 0 Å². The molecule has 0 unspecified atom stereocenters. The molecule has 22 heavy (non-hydrogen) atoms. The topological polar surface area (TPSA) is 26.5 Å². The lowest BCUT2D eigenvalue weighted by Crippen LogP contribution is -1.93. The van der Waals surface area contributed by atoms with E-state index in [2.05, 4.69) is 18.1 Å². The number of fused-ring (bicyclic) bond motifs is 1. The molecule has 1 aromatic carbocycles. The molecule has 0 N–H and O–H groups in total. The number of rotatable bonds is 7. The average Bonchev–Trinajstić information content (AvgIpc) is 3.06. The molecule has 0 aliphatic heterocycles. The molecule has 0 saturated carbocycles. The molecule has 0 radical (unpaired) electrons. The van der Waals surface area contributed by atoms with Crippen molar-refractivity contribution in [2.24, 2.45) is 0 Å². The first-order valence-corrected chi connectivity index (χ1v) is 8.39. The highest BCUT2D eigenvalue weighted by Gasteiger charge is 2.08. The fourth-order valence-electron chi connectivity index (χ4n) is 2.30. The van der Waals surface area contributed by atoms with Crippen LogP contribution < -0.4 is 0 Å². The zero-order valence-corrected chi connectivity index (χ0v) is 13.4. The second-order valence-electron chi connectivity index (χ2n) is 5.28. The molecule has 5 heteroatoms. The van der Waals surface area contributed by atoms with E-state index in [-0.39, 0.29) is 5.82 Å². The van der Waals surface area contributed by atoms with E-state index in [1.54, 1.807) is 23.5 Å². The van der Waals surface area contributed by atoms with Crippen LogP contribution in [0.2, 0.25) is 0 Å². The van der Waals surface area contributed by atoms with Crippen LogP contribution in [0, 0.1) is 5.82 Å². The van der Waals surface area contributed by atoms with E-state index in [4.69, 9.17) is 4.74 Å². The molecule has 0 spiro atoms. The molecule has 2 aromatic heterocycles. The van der Waals surface area contributed by atoms with Crippen molar-refractivity contribution in [3.63, 3.8) is 0 Å². The van der Waals surface area contributed by atoms with Gasteiger partial charge in [-0.2, -0.15) is 0 Å². The molecule has 0 bridgehead atoms. The maximum Gasteiger partial charge on any atom is 0.194 e. The van der Waals surface area contributed by atoms with Crippen molar-refractivity contribution in [3.05, 3.63) is 47.4 Å². The van der Waals surface area contributed by atoms with E-state index >= 15 is 0 Å². The fourth-order valence-corrected chi connectivity index (χ4v) is 3.19. The molecule has 3 nitrogen and oxygen atoms in total. The Morgan fingerprint density at radius 3 is 2.73 bits per heavy atom. The van der Waals surface area contributed by atoms with Gasteiger partial charge in [0, 0.05) is 24.6 Å². The summed E-state index contributed by atoms with van der Waals surface area (Å²) in [5, 5.41) is 0. The van der Waals surface area contributed by atoms with E-state index < -0.39 is 0 Å². The van der Waals surface area contributed by atoms with E-state index in [0.717, 1.165) is 29.2 Å². The minimum atomic E-state index is -0.229. The van der Waals surface area contributed by atoms with Crippen LogP contribution in [-0.2, 0) is 11.3 Å². The number of ether oxygens (including phenoxy) is 1. The van der Waals surface area contributed by atoms with Crippen LogP contribution in [0.1, 0.15) is 31.1 Å². The summed E-state index contributed by atoms with van der Waals surface area (Å²) < 4.78 is 20.6. The summed E-state index contributed by atoms with van der Waals surface area (Å²) in [4.78, 5) is 6.70. The highest BCUT2D eigenvalue weighted by molar-refractivity contribution is 7.17. The Bertz CT molecular complexity index is 701. The van der Waals surface area contributed by atoms with Crippen LogP contribution >= 0.6 is 11.3 Å². The zero-order chi connectivity index (χ0) is 15.4. The number of hydrogen-bond donors (Lipinski definition) is 0. The molecule has 116 valence electrons. The van der Waals surface area contributed by atoms with Crippen LogP contribution in [0.4, 0.5) is 4.39 Å². The Morgan fingerprint density at radius 2 is 2.00 bits per heavy atom. The zero-order valence-electron chi connectivity index (χ0n) is 12.6. The predicted octanol–water partition coefficient (Wildman–Crippen LogP) is 4.91. The Morgan fingerprint density at radius 1 is 1.18 bits per heavy atom. The maximum absolute atomic E-state index is 13.0. The lowest BCUT2D eigenvalue weighted by atomic mass is 10.2. The highest BCUT2D eigenvalue weighted by atomic mass is 32.1. The molecule has 2 heterocycles. The minimum Gasteiger partial charge on any atom is -0.376 e. The molecule has 0 amide bonds. The van der Waals surface area contributed by atoms with Crippen LogP contribution in [0.15, 0.2) is 36.7 Å². The summed E-state index contributed by atoms with van der Waals surface area (Å²) in [5.74, 6) is -0.229. The minimum absolute atomic E-state index is 0.229. The summed E-state index contributed by atoms with van der Waals surface area (Å²) in [6.45, 7) is 3.64. The third-order valence-electron chi connectivity index (χ3n) is 3.48. The van der Waals surface area contributed by atoms with Gasteiger partial charge in [0.1, 0.15) is 5.82 Å². The van der Waals surface area contributed by atoms with Gasteiger partial charge in [0.05, 0.1) is 17.2 Å². The van der Waals surface area contributed by atoms with Gasteiger partial charge in [-0.05, 0) is 30.7 Å². The van der Waals surface area contributed by atoms with Gasteiger partial charge < -0.3 is 4.74 Å². The van der Waals surface area contributed by atoms with Gasteiger partial charge in [-0.1, -0.05) is 31.1 Å². The van der Waals surface area contributed by atoms with Gasteiger partial charge in [0.15, 0.2) is 4.96 Å². The van der Waals surface area contributed by atoms with Crippen molar-refractivity contribution < 1.29 is 9.13 Å². The van der Waals surface area contributed by atoms with E-state index in [0.29, 0.717) is 6.61 Å². The Hall–Kier alpha value is -1.72. The molecule has 3 aromatic rings. The van der Waals surface area contributed by atoms with Crippen LogP contribution in [-0.4, -0.2) is 16.0 Å². The Kier molecular flexibility index (Phi) is 4.85. The summed E-state index contributed by atoms with van der Waals surface area (Å²) in [7, 11) is 0. The van der Waals surface area contributed by atoms with E-state index in [1.165, 1.54) is 29.9 Å². The van der Waals surface area contributed by atoms with Crippen LogP contribution in [0.25, 0.3) is 16.2 Å². The maximum atomic E-state index is 13.0. The van der Waals surface area contributed by atoms with Crippen molar-refractivity contribution in [2.45, 2.75) is 32.8 Å². The number of thiazole rings is 1. The van der Waals surface area contributed by atoms with Crippen LogP contribution in [0.3, 0.4) is 0 Å². The van der Waals surface area contributed by atoms with Gasteiger partial charge in [-0.25, -0.2) is 9.37 Å². The second-order valence-corrected chi connectivity index (χ2v) is 6.37. The molecule has 0 fully saturated rings. The number of halogens is 1. The number of benzene rings is 1. The van der Waals surface area contributed by atoms with Crippen molar-refractivity contribution in [1.82, 2.24) is 9.38 Å². The Balaban J connectivity index is 1.65. The largest absolute Gasteiger partial charge is 0.376 e. The third kappa shape index (κ3) is 3.54. The average molecular weight is 318 g/mol. The number of nitrogens with zero attached hydrogens (tertiary/aromatic N) is 2. The summed E-state index contributed by atoms with van der Waals surface area (Å²) in [6.07, 6.45) is 7.57. The molecule has 0 aliphatic rings. The molecular weight excluding hydrogens is 299 g/mol. The van der Waals surface area contributed by atoms with Crippen molar-refractivity contribution in [3.8, 4) is 11.3 Å². The van der Waals surface area contributed by atoms with Gasteiger partial charge in [-0.15, -0.1) is 0 Å². The number of aromatic nitrogens is 2. The first-order valence-electron chi connectivity index (χ1n) is 7.57. The molecular formula is C17H19FN2OS. The first-order chi connectivity index (χ1) is 10.8. The van der Waals surface area contributed by atoms with Gasteiger partial charge in [0.25, 0.3) is 0 Å². The Labute approximate surface area is 133 Å². The lowest BCUT2D eigenvalue weighted by molar-refractivity contribution is 0.119. The quantitative estimate of drug-likeness (QED) is 0.579. The first kappa shape index (κ1) is 15.2. The molecule has 0 aliphatic carbocycles. The van der Waals surface area contributed by atoms with E-state index in [1.807, 2.05) is 10.6 Å². The number of imidazole rings is 1. The van der Waals surface area contributed by atoms with Gasteiger partial charge in [0.2, 0.25) is 0 Å². The lowest BCUT2D eigenvalue weighted by Gasteiger charge is -2.00. The summed E-state index contributed by atoms with van der Waals surface area (Å²) >= 11 is 1.63. The van der Waals surface area contributed by atoms with Crippen LogP contribution in [0.5, 0.6) is 0 Å². The normalized spacial score (nSPS) is 11.4. The van der Waals surface area contributed by atoms with Crippen molar-refractivity contribution in [2.75, 3.05) is 6.61 Å². The van der Waals surface area contributed by atoms with Crippen molar-refractivity contribution >= 4 is 16.3 Å². The second kappa shape index (κ2) is 7.03.